The van der Waals surface area contributed by atoms with Crippen molar-refractivity contribution in [3.8, 4) is 0 Å². The molecule has 0 spiro atoms. The molecule has 0 saturated carbocycles. The highest BCUT2D eigenvalue weighted by Gasteiger charge is 2.45. The molecule has 5 heteroatoms. The molecule has 1 rings (SSSR count). The summed E-state index contributed by atoms with van der Waals surface area (Å²) in [7, 11) is 0. The standard InChI is InChI=1S/C10H10FNO3/c11-10(8(12)13,9(14)15)6-7-4-2-1-3-5-7/h1-5H,6H2,(H2,12,13)(H,14,15). The number of carbonyl (C=O) groups is 2. The number of benzene rings is 1. The SMILES string of the molecule is NC(=O)C(F)(Cc1ccccc1)C(=O)O. The van der Waals surface area contributed by atoms with Crippen molar-refractivity contribution in [3.05, 3.63) is 35.9 Å². The first-order valence-corrected chi connectivity index (χ1v) is 4.23. The van der Waals surface area contributed by atoms with Gasteiger partial charge in [0.1, 0.15) is 0 Å². The second-order valence-corrected chi connectivity index (χ2v) is 3.13. The highest BCUT2D eigenvalue weighted by molar-refractivity contribution is 6.04. The van der Waals surface area contributed by atoms with Gasteiger partial charge in [0.15, 0.2) is 0 Å². The largest absolute Gasteiger partial charge is 0.478 e. The summed E-state index contributed by atoms with van der Waals surface area (Å²) in [4.78, 5) is 21.3. The van der Waals surface area contributed by atoms with Crippen molar-refractivity contribution in [2.24, 2.45) is 5.73 Å². The average molecular weight is 211 g/mol. The third kappa shape index (κ3) is 2.31. The lowest BCUT2D eigenvalue weighted by molar-refractivity contribution is -0.156. The highest BCUT2D eigenvalue weighted by atomic mass is 19.1. The number of primary amides is 1. The van der Waals surface area contributed by atoms with Crippen LogP contribution in [0.2, 0.25) is 0 Å². The molecule has 0 aliphatic carbocycles. The molecule has 3 N–H and O–H groups in total. The Balaban J connectivity index is 2.95. The minimum atomic E-state index is -3.04. The molecule has 0 aromatic heterocycles. The highest BCUT2D eigenvalue weighted by Crippen LogP contribution is 2.18. The molecule has 1 atom stereocenters. The van der Waals surface area contributed by atoms with Gasteiger partial charge in [-0.05, 0) is 5.56 Å². The molecule has 4 nitrogen and oxygen atoms in total. The van der Waals surface area contributed by atoms with Crippen LogP contribution in [0.25, 0.3) is 0 Å². The number of nitrogens with two attached hydrogens (primary N) is 1. The lowest BCUT2D eigenvalue weighted by Gasteiger charge is -2.16. The maximum Gasteiger partial charge on any atom is 0.351 e. The molecule has 0 saturated heterocycles. The zero-order valence-corrected chi connectivity index (χ0v) is 7.81. The van der Waals surface area contributed by atoms with Crippen LogP contribution in [0.5, 0.6) is 0 Å². The number of halogens is 1. The lowest BCUT2D eigenvalue weighted by atomic mass is 9.96. The van der Waals surface area contributed by atoms with E-state index in [0.717, 1.165) is 0 Å². The quantitative estimate of drug-likeness (QED) is 0.712. The monoisotopic (exact) mass is 211 g/mol. The number of carboxylic acids is 1. The van der Waals surface area contributed by atoms with E-state index in [1.807, 2.05) is 0 Å². The summed E-state index contributed by atoms with van der Waals surface area (Å²) in [6.07, 6.45) is -0.557. The average Bonchev–Trinajstić information content (AvgIpc) is 2.18. The van der Waals surface area contributed by atoms with Crippen molar-refractivity contribution in [1.82, 2.24) is 0 Å². The summed E-state index contributed by atoms with van der Waals surface area (Å²) in [5.74, 6) is -3.35. The van der Waals surface area contributed by atoms with Gasteiger partial charge < -0.3 is 10.8 Å². The van der Waals surface area contributed by atoms with Crippen molar-refractivity contribution in [3.63, 3.8) is 0 Å². The van der Waals surface area contributed by atoms with Crippen molar-refractivity contribution in [2.75, 3.05) is 0 Å². The third-order valence-corrected chi connectivity index (χ3v) is 2.02. The molecule has 0 aliphatic rings. The third-order valence-electron chi connectivity index (χ3n) is 2.02. The first-order valence-electron chi connectivity index (χ1n) is 4.23. The number of carbonyl (C=O) groups excluding carboxylic acids is 1. The molecule has 0 bridgehead atoms. The molecule has 15 heavy (non-hydrogen) atoms. The van der Waals surface area contributed by atoms with Crippen molar-refractivity contribution in [2.45, 2.75) is 12.1 Å². The van der Waals surface area contributed by atoms with Crippen LogP contribution >= 0.6 is 0 Å². The van der Waals surface area contributed by atoms with Crippen LogP contribution in [0.1, 0.15) is 5.56 Å². The van der Waals surface area contributed by atoms with Crippen LogP contribution < -0.4 is 5.73 Å². The van der Waals surface area contributed by atoms with Gasteiger partial charge in [0.25, 0.3) is 11.6 Å². The predicted molar refractivity (Wildman–Crippen MR) is 50.8 cm³/mol. The first kappa shape index (κ1) is 11.2. The maximum absolute atomic E-state index is 13.6. The van der Waals surface area contributed by atoms with Gasteiger partial charge in [-0.25, -0.2) is 9.18 Å². The Labute approximate surface area is 85.5 Å². The molecule has 0 aliphatic heterocycles. The van der Waals surface area contributed by atoms with E-state index < -0.39 is 24.0 Å². The van der Waals surface area contributed by atoms with Gasteiger partial charge in [-0.3, -0.25) is 4.79 Å². The van der Waals surface area contributed by atoms with Crippen LogP contribution in [0.15, 0.2) is 30.3 Å². The predicted octanol–water partition coefficient (Wildman–Crippen LogP) is 0.507. The van der Waals surface area contributed by atoms with Crippen molar-refractivity contribution < 1.29 is 19.1 Å². The zero-order chi connectivity index (χ0) is 11.5. The second kappa shape index (κ2) is 4.08. The summed E-state index contributed by atoms with van der Waals surface area (Å²) in [5, 5.41) is 8.59. The molecule has 0 radical (unpaired) electrons. The summed E-state index contributed by atoms with van der Waals surface area (Å²) >= 11 is 0. The first-order chi connectivity index (χ1) is 6.97. The molecular formula is C10H10FNO3. The fraction of sp³-hybridized carbons (Fsp3) is 0.200. The Morgan fingerprint density at radius 1 is 1.33 bits per heavy atom. The van der Waals surface area contributed by atoms with E-state index in [-0.39, 0.29) is 0 Å². The fourth-order valence-corrected chi connectivity index (χ4v) is 1.15. The summed E-state index contributed by atoms with van der Waals surface area (Å²) < 4.78 is 13.6. The van der Waals surface area contributed by atoms with Crippen LogP contribution in [0, 0.1) is 0 Å². The number of hydrogen-bond donors (Lipinski definition) is 2. The zero-order valence-electron chi connectivity index (χ0n) is 7.81. The minimum absolute atomic E-state index is 0.404. The van der Waals surface area contributed by atoms with E-state index in [4.69, 9.17) is 10.8 Å². The van der Waals surface area contributed by atoms with E-state index in [0.29, 0.717) is 5.56 Å². The summed E-state index contributed by atoms with van der Waals surface area (Å²) in [6, 6.07) is 8.01. The Morgan fingerprint density at radius 2 is 1.87 bits per heavy atom. The number of hydrogen-bond acceptors (Lipinski definition) is 2. The van der Waals surface area contributed by atoms with Gasteiger partial charge in [-0.1, -0.05) is 30.3 Å². The molecule has 0 heterocycles. The summed E-state index contributed by atoms with van der Waals surface area (Å²) in [6.45, 7) is 0. The molecule has 0 fully saturated rings. The Bertz CT molecular complexity index is 364. The van der Waals surface area contributed by atoms with E-state index >= 15 is 0 Å². The molecule has 1 amide bonds. The Morgan fingerprint density at radius 3 is 2.27 bits per heavy atom. The fourth-order valence-electron chi connectivity index (χ4n) is 1.15. The van der Waals surface area contributed by atoms with Crippen LogP contribution in [0.3, 0.4) is 0 Å². The van der Waals surface area contributed by atoms with Crippen molar-refractivity contribution in [1.29, 1.82) is 0 Å². The van der Waals surface area contributed by atoms with Crippen LogP contribution in [-0.2, 0) is 16.0 Å². The normalized spacial score (nSPS) is 14.2. The van der Waals surface area contributed by atoms with E-state index in [9.17, 15) is 14.0 Å². The van der Waals surface area contributed by atoms with Gasteiger partial charge in [0.2, 0.25) is 0 Å². The molecule has 1 aromatic rings. The van der Waals surface area contributed by atoms with E-state index in [1.54, 1.807) is 18.2 Å². The lowest BCUT2D eigenvalue weighted by Crippen LogP contribution is -2.48. The number of rotatable bonds is 4. The summed E-state index contributed by atoms with van der Waals surface area (Å²) in [5.41, 5.74) is 2.09. The number of amides is 1. The minimum Gasteiger partial charge on any atom is -0.478 e. The van der Waals surface area contributed by atoms with Gasteiger partial charge in [0.05, 0.1) is 0 Å². The molecular weight excluding hydrogens is 201 g/mol. The van der Waals surface area contributed by atoms with E-state index in [2.05, 4.69) is 0 Å². The Kier molecular flexibility index (Phi) is 3.04. The van der Waals surface area contributed by atoms with E-state index in [1.165, 1.54) is 12.1 Å². The van der Waals surface area contributed by atoms with Crippen LogP contribution in [0.4, 0.5) is 4.39 Å². The molecule has 1 aromatic carbocycles. The second-order valence-electron chi connectivity index (χ2n) is 3.13. The van der Waals surface area contributed by atoms with Crippen molar-refractivity contribution >= 4 is 11.9 Å². The van der Waals surface area contributed by atoms with Gasteiger partial charge in [-0.2, -0.15) is 0 Å². The van der Waals surface area contributed by atoms with Gasteiger partial charge >= 0.3 is 5.97 Å². The maximum atomic E-state index is 13.6. The topological polar surface area (TPSA) is 80.4 Å². The number of aliphatic carboxylic acids is 1. The number of alkyl halides is 1. The smallest absolute Gasteiger partial charge is 0.351 e. The van der Waals surface area contributed by atoms with Gasteiger partial charge in [-0.15, -0.1) is 0 Å². The molecule has 80 valence electrons. The van der Waals surface area contributed by atoms with Gasteiger partial charge in [0, 0.05) is 6.42 Å². The molecule has 1 unspecified atom stereocenters. The van der Waals surface area contributed by atoms with Crippen LogP contribution in [-0.4, -0.2) is 22.7 Å². The Hall–Kier alpha value is -1.91. The number of carboxylic acid groups (broad SMARTS) is 1.